The highest BCUT2D eigenvalue weighted by atomic mass is 35.5. The van der Waals surface area contributed by atoms with Crippen LogP contribution in [-0.2, 0) is 14.8 Å². The highest BCUT2D eigenvalue weighted by molar-refractivity contribution is 7.92. The van der Waals surface area contributed by atoms with Gasteiger partial charge < -0.3 is 14.2 Å². The number of rotatable bonds is 9. The monoisotopic (exact) mass is 602 g/mol. The minimum Gasteiger partial charge on any atom is -0.493 e. The maximum absolute atomic E-state index is 13.2. The molecule has 0 saturated heterocycles. The second-order valence-electron chi connectivity index (χ2n) is 8.12. The number of ether oxygens (including phenoxy) is 3. The van der Waals surface area contributed by atoms with Crippen LogP contribution in [0.2, 0.25) is 10.0 Å². The summed E-state index contributed by atoms with van der Waals surface area (Å²) in [6, 6.07) is 14.9. The Morgan fingerprint density at radius 3 is 2.08 bits per heavy atom. The van der Waals surface area contributed by atoms with Crippen LogP contribution in [0.5, 0.6) is 11.5 Å². The second-order valence-corrected chi connectivity index (χ2v) is 10.6. The van der Waals surface area contributed by atoms with E-state index in [-0.39, 0.29) is 32.0 Å². The largest absolute Gasteiger partial charge is 0.493 e. The molecule has 206 valence electrons. The Bertz CT molecular complexity index is 1660. The third-order valence-corrected chi connectivity index (χ3v) is 7.53. The highest BCUT2D eigenvalue weighted by Gasteiger charge is 2.18. The van der Waals surface area contributed by atoms with Crippen molar-refractivity contribution in [1.29, 1.82) is 0 Å². The van der Waals surface area contributed by atoms with Gasteiger partial charge >= 0.3 is 5.97 Å². The van der Waals surface area contributed by atoms with Crippen LogP contribution in [0.15, 0.2) is 84.0 Å². The zero-order valence-electron chi connectivity index (χ0n) is 21.0. The van der Waals surface area contributed by atoms with Gasteiger partial charge in [-0.3, -0.25) is 9.71 Å². The Morgan fingerprint density at radius 2 is 1.48 bits per heavy atom. The van der Waals surface area contributed by atoms with E-state index in [0.29, 0.717) is 22.6 Å². The third kappa shape index (κ3) is 6.71. The predicted octanol–water partition coefficient (Wildman–Crippen LogP) is 6.70. The van der Waals surface area contributed by atoms with E-state index in [0.717, 1.165) is 24.3 Å². The average molecular weight is 603 g/mol. The molecule has 0 unspecified atom stereocenters. The number of carbonyl (C=O) groups is 1. The molecule has 1 aromatic heterocycles. The molecule has 0 atom stereocenters. The number of pyridine rings is 1. The number of halogens is 3. The molecular weight excluding hydrogens is 582 g/mol. The van der Waals surface area contributed by atoms with E-state index in [2.05, 4.69) is 9.71 Å². The van der Waals surface area contributed by atoms with Gasteiger partial charge in [0.2, 0.25) is 0 Å². The Hall–Kier alpha value is -4.12. The molecule has 4 rings (SSSR count). The van der Waals surface area contributed by atoms with Gasteiger partial charge in [0.1, 0.15) is 11.6 Å². The van der Waals surface area contributed by atoms with Gasteiger partial charge in [0.05, 0.1) is 34.7 Å². The minimum atomic E-state index is -3.97. The van der Waals surface area contributed by atoms with Crippen LogP contribution in [0.25, 0.3) is 11.8 Å². The number of nitrogens with zero attached hydrogens (tertiary/aromatic N) is 1. The van der Waals surface area contributed by atoms with Crippen molar-refractivity contribution < 1.29 is 31.8 Å². The van der Waals surface area contributed by atoms with E-state index >= 15 is 0 Å². The summed E-state index contributed by atoms with van der Waals surface area (Å²) in [5.41, 5.74) is 1.15. The number of esters is 1. The molecule has 0 spiro atoms. The van der Waals surface area contributed by atoms with Gasteiger partial charge in [0, 0.05) is 29.2 Å². The molecule has 0 radical (unpaired) electrons. The molecule has 0 amide bonds. The fraction of sp³-hybridized carbons (Fsp3) is 0.0714. The first-order valence-electron chi connectivity index (χ1n) is 11.4. The van der Waals surface area contributed by atoms with Crippen LogP contribution in [-0.4, -0.2) is 33.6 Å². The predicted molar refractivity (Wildman–Crippen MR) is 151 cm³/mol. The van der Waals surface area contributed by atoms with Crippen molar-refractivity contribution in [3.63, 3.8) is 0 Å². The number of aromatic nitrogens is 1. The number of hydrogen-bond donors (Lipinski definition) is 1. The van der Waals surface area contributed by atoms with Gasteiger partial charge in [-0.15, -0.1) is 0 Å². The Labute approximate surface area is 240 Å². The summed E-state index contributed by atoms with van der Waals surface area (Å²) in [4.78, 5) is 17.0. The van der Waals surface area contributed by atoms with Gasteiger partial charge in [0.15, 0.2) is 11.5 Å². The van der Waals surface area contributed by atoms with Crippen LogP contribution in [0, 0.1) is 5.82 Å². The summed E-state index contributed by atoms with van der Waals surface area (Å²) < 4.78 is 57.1. The lowest BCUT2D eigenvalue weighted by atomic mass is 10.1. The number of methoxy groups -OCH3 is 2. The van der Waals surface area contributed by atoms with Crippen molar-refractivity contribution in [3.8, 4) is 11.5 Å². The average Bonchev–Trinajstić information content (AvgIpc) is 2.94. The molecule has 0 bridgehead atoms. The first-order chi connectivity index (χ1) is 19.1. The van der Waals surface area contributed by atoms with Gasteiger partial charge in [-0.25, -0.2) is 17.6 Å². The van der Waals surface area contributed by atoms with Crippen LogP contribution in [0.1, 0.15) is 21.5 Å². The molecule has 8 nitrogen and oxygen atoms in total. The third-order valence-electron chi connectivity index (χ3n) is 5.53. The summed E-state index contributed by atoms with van der Waals surface area (Å²) in [6.45, 7) is 0. The van der Waals surface area contributed by atoms with E-state index in [4.69, 9.17) is 37.4 Å². The first-order valence-corrected chi connectivity index (χ1v) is 13.7. The number of benzene rings is 3. The van der Waals surface area contributed by atoms with Crippen LogP contribution < -0.4 is 14.2 Å². The number of hydrogen-bond acceptors (Lipinski definition) is 7. The zero-order chi connectivity index (χ0) is 28.9. The van der Waals surface area contributed by atoms with E-state index in [1.165, 1.54) is 57.0 Å². The maximum Gasteiger partial charge on any atom is 0.343 e. The quantitative estimate of drug-likeness (QED) is 0.168. The Balaban J connectivity index is 1.62. The Kier molecular flexibility index (Phi) is 8.93. The normalized spacial score (nSPS) is 11.6. The van der Waals surface area contributed by atoms with Gasteiger partial charge in [-0.2, -0.15) is 0 Å². The van der Waals surface area contributed by atoms with Crippen molar-refractivity contribution in [1.82, 2.24) is 4.98 Å². The van der Waals surface area contributed by atoms with Gasteiger partial charge in [-0.05, 0) is 72.8 Å². The van der Waals surface area contributed by atoms with E-state index in [9.17, 15) is 17.6 Å². The molecule has 4 aromatic rings. The topological polar surface area (TPSA) is 104 Å². The lowest BCUT2D eigenvalue weighted by molar-refractivity contribution is 0.0693. The summed E-state index contributed by atoms with van der Waals surface area (Å²) in [5, 5.41) is 0.471. The first kappa shape index (κ1) is 28.9. The molecule has 1 N–H and O–H groups in total. The summed E-state index contributed by atoms with van der Waals surface area (Å²) >= 11 is 12.6. The molecule has 0 aliphatic rings. The molecule has 0 saturated carbocycles. The lowest BCUT2D eigenvalue weighted by Crippen LogP contribution is -2.13. The molecular formula is C28H21Cl2FN2O6S. The molecule has 3 aromatic carbocycles. The van der Waals surface area contributed by atoms with Gasteiger partial charge in [-0.1, -0.05) is 23.2 Å². The molecule has 0 aliphatic heterocycles. The van der Waals surface area contributed by atoms with Gasteiger partial charge in [0.25, 0.3) is 10.0 Å². The van der Waals surface area contributed by atoms with Crippen LogP contribution >= 0.6 is 23.2 Å². The number of nitrogens with one attached hydrogen (secondary N) is 1. The van der Waals surface area contributed by atoms with Crippen LogP contribution in [0.3, 0.4) is 0 Å². The summed E-state index contributed by atoms with van der Waals surface area (Å²) in [5.74, 6) is -0.337. The van der Waals surface area contributed by atoms with E-state index in [1.54, 1.807) is 18.2 Å². The van der Waals surface area contributed by atoms with Crippen molar-refractivity contribution in [2.75, 3.05) is 18.9 Å². The molecule has 12 heteroatoms. The zero-order valence-corrected chi connectivity index (χ0v) is 23.4. The van der Waals surface area contributed by atoms with Crippen molar-refractivity contribution in [2.45, 2.75) is 4.90 Å². The fourth-order valence-corrected chi connectivity index (χ4v) is 5.04. The lowest BCUT2D eigenvalue weighted by Gasteiger charge is -2.14. The van der Waals surface area contributed by atoms with Crippen molar-refractivity contribution in [2.24, 2.45) is 0 Å². The summed E-state index contributed by atoms with van der Waals surface area (Å²) in [6.07, 6.45) is 4.30. The van der Waals surface area contributed by atoms with Crippen LogP contribution in [0.4, 0.5) is 10.1 Å². The number of sulfonamides is 1. The number of carbonyl (C=O) groups excluding carboxylic acids is 1. The molecule has 0 aliphatic carbocycles. The molecule has 0 fully saturated rings. The Morgan fingerprint density at radius 1 is 0.875 bits per heavy atom. The smallest absolute Gasteiger partial charge is 0.343 e. The fourth-order valence-electron chi connectivity index (χ4n) is 3.51. The molecule has 1 heterocycles. The van der Waals surface area contributed by atoms with Crippen molar-refractivity contribution in [3.05, 3.63) is 112 Å². The van der Waals surface area contributed by atoms with Crippen molar-refractivity contribution >= 4 is 56.7 Å². The number of anilines is 1. The summed E-state index contributed by atoms with van der Waals surface area (Å²) in [7, 11) is -1.00. The minimum absolute atomic E-state index is 0.0991. The van der Waals surface area contributed by atoms with E-state index in [1.807, 2.05) is 0 Å². The van der Waals surface area contributed by atoms with E-state index < -0.39 is 21.8 Å². The molecule has 40 heavy (non-hydrogen) atoms. The highest BCUT2D eigenvalue weighted by Crippen LogP contribution is 2.34. The second kappa shape index (κ2) is 12.4. The maximum atomic E-state index is 13.2. The standard InChI is InChI=1S/C28H21Cl2FN2O6S/c1-37-25-12-5-18(13-27(25)38-2)26(14-22-23(29)15-32-16-24(22)30)39-28(34)17-3-8-20(9-4-17)33-40(35,36)21-10-6-19(31)7-11-21/h3-16,33H,1-2H3. The SMILES string of the molecule is COc1ccc(C(=Cc2c(Cl)cncc2Cl)OC(=O)c2ccc(NS(=O)(=O)c3ccc(F)cc3)cc2)cc1OC.